The van der Waals surface area contributed by atoms with Gasteiger partial charge in [0.25, 0.3) is 0 Å². The van der Waals surface area contributed by atoms with Crippen molar-refractivity contribution in [3.63, 3.8) is 0 Å². The third-order valence-electron chi connectivity index (χ3n) is 3.97. The summed E-state index contributed by atoms with van der Waals surface area (Å²) in [7, 11) is 0. The van der Waals surface area contributed by atoms with Gasteiger partial charge in [0.15, 0.2) is 5.82 Å². The predicted molar refractivity (Wildman–Crippen MR) is 108 cm³/mol. The summed E-state index contributed by atoms with van der Waals surface area (Å²) >= 11 is 4.76. The molecule has 0 aliphatic heterocycles. The molecule has 2 N–H and O–H groups in total. The zero-order valence-corrected chi connectivity index (χ0v) is 17.1. The predicted octanol–water partition coefficient (Wildman–Crippen LogP) is 4.73. The molecule has 0 unspecified atom stereocenters. The van der Waals surface area contributed by atoms with Gasteiger partial charge in [-0.15, -0.1) is 5.10 Å². The summed E-state index contributed by atoms with van der Waals surface area (Å²) < 4.78 is 13.9. The maximum Gasteiger partial charge on any atom is 0.233 e. The van der Waals surface area contributed by atoms with Crippen LogP contribution in [0.2, 0.25) is 0 Å². The number of amides is 1. The highest BCUT2D eigenvalue weighted by molar-refractivity contribution is 9.10. The highest BCUT2D eigenvalue weighted by Gasteiger charge is 2.20. The number of H-pyrrole nitrogens is 1. The molecule has 2 atom stereocenters. The number of aromatic nitrogens is 3. The van der Waals surface area contributed by atoms with Crippen LogP contribution in [0.4, 0.5) is 4.39 Å². The van der Waals surface area contributed by atoms with Gasteiger partial charge in [0.1, 0.15) is 5.82 Å². The van der Waals surface area contributed by atoms with Crippen LogP contribution in [-0.4, -0.2) is 26.3 Å². The number of nitrogens with zero attached hydrogens (tertiary/aromatic N) is 2. The number of thioether (sulfide) groups is 1. The van der Waals surface area contributed by atoms with Crippen LogP contribution in [-0.2, 0) is 4.79 Å². The van der Waals surface area contributed by atoms with Gasteiger partial charge in [-0.1, -0.05) is 58.0 Å². The fraction of sp³-hybridized carbons (Fsp3) is 0.211. The van der Waals surface area contributed by atoms with Gasteiger partial charge in [0.05, 0.1) is 11.3 Å². The monoisotopic (exact) mass is 448 g/mol. The summed E-state index contributed by atoms with van der Waals surface area (Å²) in [5, 5.41) is 10.1. The second-order valence-electron chi connectivity index (χ2n) is 5.99. The number of aromatic amines is 1. The average molecular weight is 449 g/mol. The topological polar surface area (TPSA) is 70.7 Å². The number of carbonyl (C=O) groups is 1. The van der Waals surface area contributed by atoms with Crippen LogP contribution in [0.25, 0.3) is 11.4 Å². The summed E-state index contributed by atoms with van der Waals surface area (Å²) in [6, 6.07) is 13.6. The Balaban J connectivity index is 1.61. The van der Waals surface area contributed by atoms with Crippen LogP contribution < -0.4 is 5.32 Å². The van der Waals surface area contributed by atoms with E-state index in [1.807, 2.05) is 31.2 Å². The van der Waals surface area contributed by atoms with Crippen molar-refractivity contribution >= 4 is 33.6 Å². The Morgan fingerprint density at radius 1 is 1.19 bits per heavy atom. The van der Waals surface area contributed by atoms with Crippen LogP contribution >= 0.6 is 27.7 Å². The molecule has 0 fully saturated rings. The lowest BCUT2D eigenvalue weighted by atomic mass is 10.1. The van der Waals surface area contributed by atoms with Crippen LogP contribution in [0.15, 0.2) is 58.2 Å². The first-order chi connectivity index (χ1) is 12.9. The summed E-state index contributed by atoms with van der Waals surface area (Å²) in [6.45, 7) is 3.66. The number of benzene rings is 2. The zero-order valence-electron chi connectivity index (χ0n) is 14.7. The van der Waals surface area contributed by atoms with Crippen LogP contribution in [0.5, 0.6) is 0 Å². The lowest BCUT2D eigenvalue weighted by Crippen LogP contribution is -2.33. The van der Waals surface area contributed by atoms with Gasteiger partial charge in [-0.3, -0.25) is 9.89 Å². The van der Waals surface area contributed by atoms with Crippen LogP contribution in [0.3, 0.4) is 0 Å². The maximum absolute atomic E-state index is 13.0. The molecule has 1 aromatic heterocycles. The molecule has 0 aliphatic carbocycles. The van der Waals surface area contributed by atoms with E-state index >= 15 is 0 Å². The summed E-state index contributed by atoms with van der Waals surface area (Å²) in [5.41, 5.74) is 1.75. The molecule has 1 heterocycles. The molecule has 2 aromatic carbocycles. The standard InChI is InChI=1S/C19H18BrFN4OS/c1-11(13-7-9-14(21)10-8-13)22-18(26)12(2)27-19-23-17(24-25-19)15-5-3-4-6-16(15)20/h3-12H,1-2H3,(H,22,26)(H,23,24,25)/t11-,12-/m0/s1. The van der Waals surface area contributed by atoms with Gasteiger partial charge in [0.2, 0.25) is 11.1 Å². The van der Waals surface area contributed by atoms with E-state index in [4.69, 9.17) is 0 Å². The molecule has 1 amide bonds. The maximum atomic E-state index is 13.0. The van der Waals surface area contributed by atoms with Crippen molar-refractivity contribution in [2.24, 2.45) is 0 Å². The minimum Gasteiger partial charge on any atom is -0.349 e. The van der Waals surface area contributed by atoms with Crippen molar-refractivity contribution in [3.8, 4) is 11.4 Å². The van der Waals surface area contributed by atoms with E-state index in [0.717, 1.165) is 15.6 Å². The molecule has 3 rings (SSSR count). The molecule has 0 saturated heterocycles. The molecule has 8 heteroatoms. The smallest absolute Gasteiger partial charge is 0.233 e. The molecule has 0 spiro atoms. The lowest BCUT2D eigenvalue weighted by Gasteiger charge is -2.17. The fourth-order valence-electron chi connectivity index (χ4n) is 2.45. The summed E-state index contributed by atoms with van der Waals surface area (Å²) in [6.07, 6.45) is 0. The van der Waals surface area contributed by atoms with E-state index in [9.17, 15) is 9.18 Å². The van der Waals surface area contributed by atoms with E-state index in [-0.39, 0.29) is 23.0 Å². The highest BCUT2D eigenvalue weighted by atomic mass is 79.9. The molecular weight excluding hydrogens is 431 g/mol. The molecule has 3 aromatic rings. The molecule has 0 radical (unpaired) electrons. The van der Waals surface area contributed by atoms with E-state index in [1.54, 1.807) is 19.1 Å². The second-order valence-corrected chi connectivity index (χ2v) is 8.15. The fourth-order valence-corrected chi connectivity index (χ4v) is 3.66. The second kappa shape index (κ2) is 8.67. The number of hydrogen-bond acceptors (Lipinski definition) is 4. The third-order valence-corrected chi connectivity index (χ3v) is 5.63. The molecule has 0 aliphatic rings. The van der Waals surface area contributed by atoms with Crippen molar-refractivity contribution in [1.82, 2.24) is 20.5 Å². The quantitative estimate of drug-likeness (QED) is 0.534. The SMILES string of the molecule is C[C@H](Sc1n[nH]c(-c2ccccc2Br)n1)C(=O)N[C@@H](C)c1ccc(F)cc1. The Bertz CT molecular complexity index is 931. The Morgan fingerprint density at radius 2 is 1.89 bits per heavy atom. The minimum absolute atomic E-state index is 0.135. The first kappa shape index (κ1) is 19.6. The summed E-state index contributed by atoms with van der Waals surface area (Å²) in [4.78, 5) is 16.9. The van der Waals surface area contributed by atoms with Crippen molar-refractivity contribution < 1.29 is 9.18 Å². The van der Waals surface area contributed by atoms with Gasteiger partial charge < -0.3 is 5.32 Å². The van der Waals surface area contributed by atoms with Crippen LogP contribution in [0.1, 0.15) is 25.5 Å². The number of hydrogen-bond donors (Lipinski definition) is 2. The average Bonchev–Trinajstić information content (AvgIpc) is 3.10. The Labute approximate surface area is 169 Å². The van der Waals surface area contributed by atoms with Gasteiger partial charge >= 0.3 is 0 Å². The zero-order chi connectivity index (χ0) is 19.4. The molecule has 0 saturated carbocycles. The van der Waals surface area contributed by atoms with Gasteiger partial charge in [-0.25, -0.2) is 9.37 Å². The van der Waals surface area contributed by atoms with Gasteiger partial charge in [-0.2, -0.15) is 0 Å². The number of carbonyl (C=O) groups excluding carboxylic acids is 1. The van der Waals surface area contributed by atoms with Crippen LogP contribution in [0, 0.1) is 5.82 Å². The third kappa shape index (κ3) is 4.95. The first-order valence-electron chi connectivity index (χ1n) is 8.34. The summed E-state index contributed by atoms with van der Waals surface area (Å²) in [5.74, 6) is 0.202. The normalized spacial score (nSPS) is 13.2. The molecular formula is C19H18BrFN4OS. The van der Waals surface area contributed by atoms with Crippen molar-refractivity contribution in [3.05, 3.63) is 64.4 Å². The first-order valence-corrected chi connectivity index (χ1v) is 10.0. The lowest BCUT2D eigenvalue weighted by molar-refractivity contribution is -0.120. The van der Waals surface area contributed by atoms with Gasteiger partial charge in [-0.05, 0) is 37.6 Å². The number of halogens is 2. The van der Waals surface area contributed by atoms with Gasteiger partial charge in [0, 0.05) is 10.0 Å². The largest absolute Gasteiger partial charge is 0.349 e. The molecule has 5 nitrogen and oxygen atoms in total. The minimum atomic E-state index is -0.379. The van der Waals surface area contributed by atoms with E-state index in [1.165, 1.54) is 23.9 Å². The molecule has 0 bridgehead atoms. The Morgan fingerprint density at radius 3 is 2.59 bits per heavy atom. The Kier molecular flexibility index (Phi) is 6.28. The van der Waals surface area contributed by atoms with E-state index in [2.05, 4.69) is 36.4 Å². The molecule has 27 heavy (non-hydrogen) atoms. The Hall–Kier alpha value is -2.19. The number of nitrogens with one attached hydrogen (secondary N) is 2. The van der Waals surface area contributed by atoms with E-state index < -0.39 is 0 Å². The van der Waals surface area contributed by atoms with Crippen molar-refractivity contribution in [2.45, 2.75) is 30.3 Å². The van der Waals surface area contributed by atoms with Crippen molar-refractivity contribution in [2.75, 3.05) is 0 Å². The van der Waals surface area contributed by atoms with E-state index in [0.29, 0.717) is 11.0 Å². The highest BCUT2D eigenvalue weighted by Crippen LogP contribution is 2.27. The molecule has 140 valence electrons. The number of rotatable bonds is 6. The van der Waals surface area contributed by atoms with Crippen molar-refractivity contribution in [1.29, 1.82) is 0 Å².